The SMILES string of the molecule is O=[N+]([O-])c1ccc(-c2cnc(CN=Cc3cccc([N+](=O)[O-])c3)nc2)cc1. The first-order valence-corrected chi connectivity index (χ1v) is 7.83. The Morgan fingerprint density at radius 2 is 1.56 bits per heavy atom. The highest BCUT2D eigenvalue weighted by Crippen LogP contribution is 2.21. The fourth-order valence-corrected chi connectivity index (χ4v) is 2.31. The molecule has 1 heterocycles. The van der Waals surface area contributed by atoms with Crippen LogP contribution in [-0.2, 0) is 6.54 Å². The maximum atomic E-state index is 10.8. The van der Waals surface area contributed by atoms with E-state index in [-0.39, 0.29) is 17.9 Å². The molecule has 3 aromatic rings. The number of non-ortho nitro benzene ring substituents is 2. The Morgan fingerprint density at radius 1 is 0.889 bits per heavy atom. The van der Waals surface area contributed by atoms with Crippen molar-refractivity contribution < 1.29 is 9.85 Å². The van der Waals surface area contributed by atoms with Crippen molar-refractivity contribution in [2.45, 2.75) is 6.54 Å². The van der Waals surface area contributed by atoms with Gasteiger partial charge in [0.25, 0.3) is 11.4 Å². The Hall–Kier alpha value is -4.01. The summed E-state index contributed by atoms with van der Waals surface area (Å²) < 4.78 is 0. The summed E-state index contributed by atoms with van der Waals surface area (Å²) in [6.45, 7) is 0.225. The smallest absolute Gasteiger partial charge is 0.270 e. The number of nitrogens with zero attached hydrogens (tertiary/aromatic N) is 5. The Morgan fingerprint density at radius 3 is 2.19 bits per heavy atom. The van der Waals surface area contributed by atoms with Gasteiger partial charge in [0.1, 0.15) is 5.82 Å². The van der Waals surface area contributed by atoms with Crippen LogP contribution in [0.25, 0.3) is 11.1 Å². The molecule has 1 aromatic heterocycles. The van der Waals surface area contributed by atoms with Gasteiger partial charge in [0.15, 0.2) is 0 Å². The third-order valence-corrected chi connectivity index (χ3v) is 3.67. The lowest BCUT2D eigenvalue weighted by atomic mass is 10.1. The van der Waals surface area contributed by atoms with Crippen LogP contribution in [0.15, 0.2) is 65.9 Å². The summed E-state index contributed by atoms with van der Waals surface area (Å²) in [6.07, 6.45) is 4.76. The lowest BCUT2D eigenvalue weighted by molar-refractivity contribution is -0.385. The first-order chi connectivity index (χ1) is 13.0. The average Bonchev–Trinajstić information content (AvgIpc) is 2.69. The number of nitro groups is 2. The van der Waals surface area contributed by atoms with Gasteiger partial charge in [-0.1, -0.05) is 12.1 Å². The van der Waals surface area contributed by atoms with E-state index in [1.165, 1.54) is 30.5 Å². The molecule has 0 aliphatic rings. The fraction of sp³-hybridized carbons (Fsp3) is 0.0556. The molecule has 0 N–H and O–H groups in total. The number of rotatable bonds is 6. The number of aliphatic imine (C=N–C) groups is 1. The van der Waals surface area contributed by atoms with Crippen molar-refractivity contribution in [2.75, 3.05) is 0 Å². The highest BCUT2D eigenvalue weighted by molar-refractivity contribution is 5.80. The van der Waals surface area contributed by atoms with Crippen LogP contribution in [-0.4, -0.2) is 26.0 Å². The predicted octanol–water partition coefficient (Wildman–Crippen LogP) is 3.58. The van der Waals surface area contributed by atoms with Crippen LogP contribution in [0.3, 0.4) is 0 Å². The van der Waals surface area contributed by atoms with Crippen molar-refractivity contribution in [3.8, 4) is 11.1 Å². The van der Waals surface area contributed by atoms with Crippen molar-refractivity contribution in [1.82, 2.24) is 9.97 Å². The zero-order valence-electron chi connectivity index (χ0n) is 13.9. The van der Waals surface area contributed by atoms with E-state index in [1.807, 2.05) is 0 Å². The normalized spacial score (nSPS) is 10.8. The largest absolute Gasteiger partial charge is 0.284 e. The van der Waals surface area contributed by atoms with Gasteiger partial charge in [0.05, 0.1) is 16.4 Å². The van der Waals surface area contributed by atoms with Gasteiger partial charge < -0.3 is 0 Å². The van der Waals surface area contributed by atoms with Crippen LogP contribution in [0.2, 0.25) is 0 Å². The lowest BCUT2D eigenvalue weighted by Crippen LogP contribution is -1.94. The first-order valence-electron chi connectivity index (χ1n) is 7.83. The molecule has 0 bridgehead atoms. The highest BCUT2D eigenvalue weighted by atomic mass is 16.6. The number of aromatic nitrogens is 2. The lowest BCUT2D eigenvalue weighted by Gasteiger charge is -2.01. The van der Waals surface area contributed by atoms with Gasteiger partial charge in [-0.2, -0.15) is 0 Å². The molecule has 0 saturated heterocycles. The van der Waals surface area contributed by atoms with Crippen molar-refractivity contribution in [1.29, 1.82) is 0 Å². The summed E-state index contributed by atoms with van der Waals surface area (Å²) in [5.74, 6) is 0.488. The van der Waals surface area contributed by atoms with E-state index >= 15 is 0 Å². The minimum absolute atomic E-state index is 0.00245. The summed E-state index contributed by atoms with van der Waals surface area (Å²) in [4.78, 5) is 33.2. The second-order valence-electron chi connectivity index (χ2n) is 5.51. The maximum absolute atomic E-state index is 10.8. The van der Waals surface area contributed by atoms with Gasteiger partial charge >= 0.3 is 0 Å². The molecule has 0 saturated carbocycles. The Labute approximate surface area is 153 Å². The molecule has 3 rings (SSSR count). The van der Waals surface area contributed by atoms with E-state index < -0.39 is 9.85 Å². The van der Waals surface area contributed by atoms with Gasteiger partial charge in [-0.25, -0.2) is 9.97 Å². The summed E-state index contributed by atoms with van der Waals surface area (Å²) >= 11 is 0. The van der Waals surface area contributed by atoms with Gasteiger partial charge in [0.2, 0.25) is 0 Å². The van der Waals surface area contributed by atoms with E-state index in [0.29, 0.717) is 11.4 Å². The molecule has 9 nitrogen and oxygen atoms in total. The van der Waals surface area contributed by atoms with Crippen molar-refractivity contribution >= 4 is 17.6 Å². The molecular weight excluding hydrogens is 350 g/mol. The van der Waals surface area contributed by atoms with E-state index in [1.54, 1.807) is 36.7 Å². The van der Waals surface area contributed by atoms with Gasteiger partial charge in [-0.3, -0.25) is 25.2 Å². The summed E-state index contributed by atoms with van der Waals surface area (Å²) in [5, 5.41) is 21.4. The van der Waals surface area contributed by atoms with Gasteiger partial charge in [-0.15, -0.1) is 0 Å². The first kappa shape index (κ1) is 17.8. The van der Waals surface area contributed by atoms with Crippen molar-refractivity contribution in [2.24, 2.45) is 4.99 Å². The molecule has 0 aliphatic carbocycles. The zero-order chi connectivity index (χ0) is 19.2. The molecule has 134 valence electrons. The molecule has 9 heteroatoms. The third kappa shape index (κ3) is 4.54. The second kappa shape index (κ2) is 7.91. The van der Waals surface area contributed by atoms with Crippen LogP contribution in [0.4, 0.5) is 11.4 Å². The van der Waals surface area contributed by atoms with Crippen LogP contribution in [0.1, 0.15) is 11.4 Å². The fourth-order valence-electron chi connectivity index (χ4n) is 2.31. The number of benzene rings is 2. The van der Waals surface area contributed by atoms with Gasteiger partial charge in [0, 0.05) is 48.4 Å². The average molecular weight is 363 g/mol. The summed E-state index contributed by atoms with van der Waals surface area (Å²) in [6, 6.07) is 12.3. The molecule has 27 heavy (non-hydrogen) atoms. The van der Waals surface area contributed by atoms with Crippen LogP contribution in [0.5, 0.6) is 0 Å². The molecular formula is C18H13N5O4. The minimum Gasteiger partial charge on any atom is -0.284 e. The van der Waals surface area contributed by atoms with Crippen LogP contribution >= 0.6 is 0 Å². The molecule has 0 unspecified atom stereocenters. The second-order valence-corrected chi connectivity index (χ2v) is 5.51. The van der Waals surface area contributed by atoms with E-state index in [4.69, 9.17) is 0 Å². The summed E-state index contributed by atoms with van der Waals surface area (Å²) in [7, 11) is 0. The predicted molar refractivity (Wildman–Crippen MR) is 98.5 cm³/mol. The minimum atomic E-state index is -0.461. The third-order valence-electron chi connectivity index (χ3n) is 3.67. The van der Waals surface area contributed by atoms with Crippen molar-refractivity contribution in [3.63, 3.8) is 0 Å². The number of hydrogen-bond acceptors (Lipinski definition) is 7. The van der Waals surface area contributed by atoms with Crippen molar-refractivity contribution in [3.05, 3.63) is 92.5 Å². The van der Waals surface area contributed by atoms with E-state index in [2.05, 4.69) is 15.0 Å². The van der Waals surface area contributed by atoms with E-state index in [9.17, 15) is 20.2 Å². The maximum Gasteiger partial charge on any atom is 0.270 e. The molecule has 0 atom stereocenters. The van der Waals surface area contributed by atoms with E-state index in [0.717, 1.165) is 11.1 Å². The monoisotopic (exact) mass is 363 g/mol. The topological polar surface area (TPSA) is 124 Å². The van der Waals surface area contributed by atoms with Crippen LogP contribution < -0.4 is 0 Å². The molecule has 0 fully saturated rings. The Bertz CT molecular complexity index is 1000. The molecule has 0 aliphatic heterocycles. The summed E-state index contributed by atoms with van der Waals surface area (Å²) in [5.41, 5.74) is 2.14. The highest BCUT2D eigenvalue weighted by Gasteiger charge is 2.06. The quantitative estimate of drug-likeness (QED) is 0.374. The zero-order valence-corrected chi connectivity index (χ0v) is 13.9. The molecule has 0 radical (unpaired) electrons. The van der Waals surface area contributed by atoms with Crippen LogP contribution in [0, 0.1) is 20.2 Å². The number of nitro benzene ring substituents is 2. The molecule has 2 aromatic carbocycles. The Balaban J connectivity index is 1.66. The number of hydrogen-bond donors (Lipinski definition) is 0. The standard InChI is InChI=1S/C18H13N5O4/c24-22(25)16-6-4-14(5-7-16)15-10-20-18(21-11-15)12-19-9-13-2-1-3-17(8-13)23(26)27/h1-11H,12H2. The Kier molecular flexibility index (Phi) is 5.22. The molecule has 0 amide bonds. The molecule has 0 spiro atoms. The van der Waals surface area contributed by atoms with Gasteiger partial charge in [-0.05, 0) is 23.3 Å².